The molecule has 0 atom stereocenters. The number of carbonyl (C=O) groups excluding carboxylic acids is 1. The first-order valence-electron chi connectivity index (χ1n) is 14.2. The summed E-state index contributed by atoms with van der Waals surface area (Å²) in [6.07, 6.45) is 5.63. The van der Waals surface area contributed by atoms with Crippen molar-refractivity contribution >= 4 is 51.9 Å². The lowest BCUT2D eigenvalue weighted by molar-refractivity contribution is -0.122. The number of nitrogens with zero attached hydrogens (tertiary/aromatic N) is 3. The zero-order valence-corrected chi connectivity index (χ0v) is 25.4. The largest absolute Gasteiger partial charge is 0.490 e. The van der Waals surface area contributed by atoms with Gasteiger partial charge in [0.15, 0.2) is 16.7 Å². The molecule has 0 aliphatic carbocycles. The minimum absolute atomic E-state index is 0.0740. The summed E-state index contributed by atoms with van der Waals surface area (Å²) in [4.78, 5) is 22.9. The topological polar surface area (TPSA) is 54.4 Å². The number of piperidine rings is 1. The number of aliphatic imine (C=N–C) groups is 1. The lowest BCUT2D eigenvalue weighted by Crippen LogP contribution is -2.29. The number of carbonyl (C=O) groups is 1. The molecule has 3 aromatic carbocycles. The van der Waals surface area contributed by atoms with Gasteiger partial charge in [0.1, 0.15) is 6.61 Å². The average Bonchev–Trinajstić information content (AvgIpc) is 3.26. The maximum Gasteiger partial charge on any atom is 0.266 e. The van der Waals surface area contributed by atoms with Crippen molar-refractivity contribution in [2.24, 2.45) is 4.99 Å². The highest BCUT2D eigenvalue weighted by molar-refractivity contribution is 8.18. The number of ether oxygens (including phenoxy) is 2. The number of amidine groups is 1. The van der Waals surface area contributed by atoms with E-state index in [1.54, 1.807) is 11.0 Å². The predicted octanol–water partition coefficient (Wildman–Crippen LogP) is 8.24. The Bertz CT molecular complexity index is 1450. The van der Waals surface area contributed by atoms with Crippen LogP contribution in [-0.4, -0.2) is 42.2 Å². The van der Waals surface area contributed by atoms with E-state index in [1.165, 1.54) is 42.3 Å². The lowest BCUT2D eigenvalue weighted by atomic mass is 10.1. The van der Waals surface area contributed by atoms with Crippen LogP contribution in [0, 0.1) is 6.92 Å². The van der Waals surface area contributed by atoms with Crippen LogP contribution in [0.25, 0.3) is 6.08 Å². The number of anilines is 1. The van der Waals surface area contributed by atoms with Gasteiger partial charge in [0.25, 0.3) is 5.91 Å². The van der Waals surface area contributed by atoms with E-state index in [1.807, 2.05) is 50.3 Å². The first-order chi connectivity index (χ1) is 19.9. The second-order valence-corrected chi connectivity index (χ2v) is 11.6. The van der Waals surface area contributed by atoms with Gasteiger partial charge in [0, 0.05) is 25.3 Å². The molecule has 0 bridgehead atoms. The van der Waals surface area contributed by atoms with E-state index in [0.717, 1.165) is 29.9 Å². The standard InChI is InChI=1S/C33H36ClN3O3S/c1-4-37-32(38)30(41-33(37)35-26-12-14-27(15-13-26)36-16-7-6-8-17-36)21-25-19-28(34)31(29(20-25)39-5-2)40-22-24-11-9-10-23(3)18-24/h9-15,18-21H,4-8,16-17,22H2,1-3H3/b30-21-,35-33?. The van der Waals surface area contributed by atoms with Crippen molar-refractivity contribution in [2.75, 3.05) is 31.1 Å². The number of thioether (sulfide) groups is 1. The van der Waals surface area contributed by atoms with E-state index >= 15 is 0 Å². The van der Waals surface area contributed by atoms with Crippen LogP contribution < -0.4 is 14.4 Å². The first kappa shape index (κ1) is 29.1. The van der Waals surface area contributed by atoms with Crippen LogP contribution in [0.15, 0.2) is 70.6 Å². The molecule has 2 aliphatic heterocycles. The van der Waals surface area contributed by atoms with Crippen molar-refractivity contribution in [1.82, 2.24) is 4.90 Å². The number of hydrogen-bond acceptors (Lipinski definition) is 6. The molecule has 0 radical (unpaired) electrons. The van der Waals surface area contributed by atoms with Crippen molar-refractivity contribution in [3.05, 3.63) is 87.3 Å². The van der Waals surface area contributed by atoms with Gasteiger partial charge in [-0.2, -0.15) is 0 Å². The molecule has 3 aromatic rings. The first-order valence-corrected chi connectivity index (χ1v) is 15.4. The number of amides is 1. The number of hydrogen-bond donors (Lipinski definition) is 0. The Morgan fingerprint density at radius 1 is 1.00 bits per heavy atom. The quantitative estimate of drug-likeness (QED) is 0.235. The fourth-order valence-corrected chi connectivity index (χ4v) is 6.39. The van der Waals surface area contributed by atoms with Crippen LogP contribution in [0.1, 0.15) is 49.8 Å². The summed E-state index contributed by atoms with van der Waals surface area (Å²) in [5, 5.41) is 1.10. The fourth-order valence-electron chi connectivity index (χ4n) is 5.05. The van der Waals surface area contributed by atoms with Crippen LogP contribution in [0.2, 0.25) is 5.02 Å². The molecule has 2 saturated heterocycles. The van der Waals surface area contributed by atoms with Crippen LogP contribution >= 0.6 is 23.4 Å². The number of likely N-dealkylation sites (N-methyl/N-ethyl adjacent to an activating group) is 1. The van der Waals surface area contributed by atoms with Crippen molar-refractivity contribution in [3.63, 3.8) is 0 Å². The van der Waals surface area contributed by atoms with E-state index in [4.69, 9.17) is 26.1 Å². The van der Waals surface area contributed by atoms with Gasteiger partial charge in [0.05, 0.1) is 22.2 Å². The maximum absolute atomic E-state index is 13.3. The molecule has 1 amide bonds. The molecule has 41 heavy (non-hydrogen) atoms. The molecule has 2 fully saturated rings. The summed E-state index contributed by atoms with van der Waals surface area (Å²) < 4.78 is 12.0. The fraction of sp³-hybridized carbons (Fsp3) is 0.333. The Kier molecular flexibility index (Phi) is 9.57. The van der Waals surface area contributed by atoms with Gasteiger partial charge in [-0.3, -0.25) is 9.69 Å². The smallest absolute Gasteiger partial charge is 0.266 e. The Morgan fingerprint density at radius 2 is 1.78 bits per heavy atom. The second-order valence-electron chi connectivity index (χ2n) is 10.2. The van der Waals surface area contributed by atoms with E-state index in [0.29, 0.717) is 46.4 Å². The molecule has 8 heteroatoms. The highest BCUT2D eigenvalue weighted by Gasteiger charge is 2.32. The van der Waals surface area contributed by atoms with Crippen LogP contribution in [0.5, 0.6) is 11.5 Å². The summed E-state index contributed by atoms with van der Waals surface area (Å²) in [6, 6.07) is 20.1. The zero-order valence-electron chi connectivity index (χ0n) is 23.9. The Hall–Kier alpha value is -3.42. The summed E-state index contributed by atoms with van der Waals surface area (Å²) >= 11 is 8.06. The maximum atomic E-state index is 13.3. The normalized spacial score (nSPS) is 17.5. The molecule has 0 aromatic heterocycles. The third kappa shape index (κ3) is 7.08. The van der Waals surface area contributed by atoms with Gasteiger partial charge in [0.2, 0.25) is 0 Å². The number of benzene rings is 3. The Balaban J connectivity index is 1.36. The van der Waals surface area contributed by atoms with E-state index in [-0.39, 0.29) is 5.91 Å². The zero-order chi connectivity index (χ0) is 28.8. The van der Waals surface area contributed by atoms with Crippen LogP contribution in [-0.2, 0) is 11.4 Å². The molecule has 0 spiro atoms. The van der Waals surface area contributed by atoms with Gasteiger partial charge in [-0.15, -0.1) is 0 Å². The molecular formula is C33H36ClN3O3S. The second kappa shape index (κ2) is 13.5. The summed E-state index contributed by atoms with van der Waals surface area (Å²) in [5.41, 5.74) is 5.04. The number of aryl methyl sites for hydroxylation is 1. The van der Waals surface area contributed by atoms with Gasteiger partial charge >= 0.3 is 0 Å². The number of halogens is 1. The van der Waals surface area contributed by atoms with E-state index < -0.39 is 0 Å². The molecule has 0 unspecified atom stereocenters. The van der Waals surface area contributed by atoms with Crippen molar-refractivity contribution < 1.29 is 14.3 Å². The molecule has 0 saturated carbocycles. The van der Waals surface area contributed by atoms with Crippen LogP contribution in [0.4, 0.5) is 11.4 Å². The Morgan fingerprint density at radius 3 is 2.49 bits per heavy atom. The third-order valence-corrected chi connectivity index (χ3v) is 8.38. The van der Waals surface area contributed by atoms with Gasteiger partial charge in [-0.05, 0) is 105 Å². The monoisotopic (exact) mass is 589 g/mol. The summed E-state index contributed by atoms with van der Waals surface area (Å²) in [5.74, 6) is 0.966. The molecule has 214 valence electrons. The van der Waals surface area contributed by atoms with Crippen molar-refractivity contribution in [1.29, 1.82) is 0 Å². The van der Waals surface area contributed by atoms with E-state index in [9.17, 15) is 4.79 Å². The van der Waals surface area contributed by atoms with Gasteiger partial charge in [-0.1, -0.05) is 41.4 Å². The highest BCUT2D eigenvalue weighted by Crippen LogP contribution is 2.40. The molecule has 2 heterocycles. The van der Waals surface area contributed by atoms with Crippen molar-refractivity contribution in [2.45, 2.75) is 46.6 Å². The van der Waals surface area contributed by atoms with E-state index in [2.05, 4.69) is 36.1 Å². The lowest BCUT2D eigenvalue weighted by Gasteiger charge is -2.28. The minimum atomic E-state index is -0.0740. The molecule has 2 aliphatic rings. The third-order valence-electron chi connectivity index (χ3n) is 7.10. The minimum Gasteiger partial charge on any atom is -0.490 e. The molecule has 5 rings (SSSR count). The SMILES string of the molecule is CCOc1cc(/C=C2\SC(=Nc3ccc(N4CCCCC4)cc3)N(CC)C2=O)cc(Cl)c1OCc1cccc(C)c1. The summed E-state index contributed by atoms with van der Waals surface area (Å²) in [6.45, 7) is 9.50. The van der Waals surface area contributed by atoms with Gasteiger partial charge in [-0.25, -0.2) is 4.99 Å². The van der Waals surface area contributed by atoms with Gasteiger partial charge < -0.3 is 14.4 Å². The molecule has 0 N–H and O–H groups in total. The van der Waals surface area contributed by atoms with Crippen molar-refractivity contribution in [3.8, 4) is 11.5 Å². The Labute approximate surface area is 252 Å². The highest BCUT2D eigenvalue weighted by atomic mass is 35.5. The average molecular weight is 590 g/mol. The number of rotatable bonds is 9. The summed E-state index contributed by atoms with van der Waals surface area (Å²) in [7, 11) is 0. The molecule has 6 nitrogen and oxygen atoms in total. The van der Waals surface area contributed by atoms with Crippen LogP contribution in [0.3, 0.4) is 0 Å². The predicted molar refractivity (Wildman–Crippen MR) is 171 cm³/mol. The molecular weight excluding hydrogens is 554 g/mol.